The molecule has 2 heterocycles. The molecule has 1 aromatic heterocycles. The van der Waals surface area contributed by atoms with Gasteiger partial charge in [0, 0.05) is 31.3 Å². The molecule has 7 nitrogen and oxygen atoms in total. The molecule has 1 aromatic carbocycles. The lowest BCUT2D eigenvalue weighted by Crippen LogP contribution is -2.34. The van der Waals surface area contributed by atoms with Crippen LogP contribution in [0.3, 0.4) is 0 Å². The zero-order chi connectivity index (χ0) is 20.2. The minimum atomic E-state index is -0.0945. The van der Waals surface area contributed by atoms with Crippen LogP contribution in [0.1, 0.15) is 50.6 Å². The van der Waals surface area contributed by atoms with Crippen LogP contribution in [0.2, 0.25) is 0 Å². The number of benzene rings is 1. The van der Waals surface area contributed by atoms with Gasteiger partial charge in [0.1, 0.15) is 6.07 Å². The van der Waals surface area contributed by atoms with Crippen LogP contribution in [0, 0.1) is 17.2 Å². The number of amides is 1. The summed E-state index contributed by atoms with van der Waals surface area (Å²) in [6, 6.07) is 9.65. The summed E-state index contributed by atoms with van der Waals surface area (Å²) >= 11 is 1.59. The standard InChI is InChI=1S/C21H26N6OS/c1-15-8-11-26(12-9-15)20-24-25-21(27(20)17-6-7-17)29-13-10-19(28)23-18-5-3-2-4-16(18)14-22/h2-5,15,17H,6-13H2,1H3,(H,23,28). The third-order valence-electron chi connectivity index (χ3n) is 5.51. The first-order valence-electron chi connectivity index (χ1n) is 10.3. The Kier molecular flexibility index (Phi) is 6.05. The van der Waals surface area contributed by atoms with Crippen LogP contribution in [0.15, 0.2) is 29.4 Å². The summed E-state index contributed by atoms with van der Waals surface area (Å²) in [5.74, 6) is 2.31. The Hall–Kier alpha value is -2.53. The zero-order valence-electron chi connectivity index (χ0n) is 16.7. The van der Waals surface area contributed by atoms with E-state index in [1.165, 1.54) is 25.7 Å². The lowest BCUT2D eigenvalue weighted by molar-refractivity contribution is -0.115. The molecule has 2 aromatic rings. The Balaban J connectivity index is 1.35. The maximum absolute atomic E-state index is 12.3. The highest BCUT2D eigenvalue weighted by Crippen LogP contribution is 2.41. The molecule has 29 heavy (non-hydrogen) atoms. The molecule has 2 aliphatic rings. The molecule has 0 atom stereocenters. The van der Waals surface area contributed by atoms with E-state index in [2.05, 4.69) is 38.0 Å². The van der Waals surface area contributed by atoms with Gasteiger partial charge in [0.05, 0.1) is 11.3 Å². The van der Waals surface area contributed by atoms with Crippen LogP contribution in [0.4, 0.5) is 11.6 Å². The minimum absolute atomic E-state index is 0.0945. The topological polar surface area (TPSA) is 86.8 Å². The molecule has 1 amide bonds. The van der Waals surface area contributed by atoms with Crippen molar-refractivity contribution in [1.82, 2.24) is 14.8 Å². The molecule has 1 saturated carbocycles. The van der Waals surface area contributed by atoms with Crippen LogP contribution in [0.25, 0.3) is 0 Å². The second-order valence-electron chi connectivity index (χ2n) is 7.86. The number of carbonyl (C=O) groups is 1. The minimum Gasteiger partial charge on any atom is -0.341 e. The summed E-state index contributed by atoms with van der Waals surface area (Å²) in [5, 5.41) is 21.8. The van der Waals surface area contributed by atoms with Gasteiger partial charge in [-0.25, -0.2) is 0 Å². The van der Waals surface area contributed by atoms with E-state index in [0.29, 0.717) is 29.5 Å². The quantitative estimate of drug-likeness (QED) is 0.698. The van der Waals surface area contributed by atoms with Gasteiger partial charge in [-0.2, -0.15) is 5.26 Å². The molecule has 1 saturated heterocycles. The van der Waals surface area contributed by atoms with Gasteiger partial charge in [0.2, 0.25) is 11.9 Å². The summed E-state index contributed by atoms with van der Waals surface area (Å²) in [7, 11) is 0. The van der Waals surface area contributed by atoms with Crippen molar-refractivity contribution in [2.45, 2.75) is 50.2 Å². The Morgan fingerprint density at radius 1 is 1.24 bits per heavy atom. The average Bonchev–Trinajstić information content (AvgIpc) is 3.49. The zero-order valence-corrected chi connectivity index (χ0v) is 17.5. The van der Waals surface area contributed by atoms with E-state index in [9.17, 15) is 4.79 Å². The van der Waals surface area contributed by atoms with Crippen molar-refractivity contribution in [2.24, 2.45) is 5.92 Å². The van der Waals surface area contributed by atoms with E-state index >= 15 is 0 Å². The number of thioether (sulfide) groups is 1. The summed E-state index contributed by atoms with van der Waals surface area (Å²) in [4.78, 5) is 14.7. The van der Waals surface area contributed by atoms with Crippen LogP contribution in [0.5, 0.6) is 0 Å². The number of carbonyl (C=O) groups excluding carboxylic acids is 1. The maximum Gasteiger partial charge on any atom is 0.228 e. The highest BCUT2D eigenvalue weighted by atomic mass is 32.2. The Bertz CT molecular complexity index is 908. The highest BCUT2D eigenvalue weighted by Gasteiger charge is 2.32. The molecule has 4 rings (SSSR count). The predicted octanol–water partition coefficient (Wildman–Crippen LogP) is 3.84. The number of hydrogen-bond donors (Lipinski definition) is 1. The highest BCUT2D eigenvalue weighted by molar-refractivity contribution is 7.99. The normalized spacial score (nSPS) is 17.2. The summed E-state index contributed by atoms with van der Waals surface area (Å²) in [5.41, 5.74) is 1.04. The number of piperidine rings is 1. The summed E-state index contributed by atoms with van der Waals surface area (Å²) in [6.45, 7) is 4.39. The number of anilines is 2. The first-order chi connectivity index (χ1) is 14.2. The first kappa shape index (κ1) is 19.8. The molecule has 2 fully saturated rings. The van der Waals surface area contributed by atoms with Gasteiger partial charge in [0.25, 0.3) is 0 Å². The van der Waals surface area contributed by atoms with Gasteiger partial charge in [-0.1, -0.05) is 30.8 Å². The van der Waals surface area contributed by atoms with Gasteiger partial charge in [-0.05, 0) is 43.7 Å². The molecule has 0 unspecified atom stereocenters. The van der Waals surface area contributed by atoms with Crippen LogP contribution < -0.4 is 10.2 Å². The van der Waals surface area contributed by atoms with Crippen molar-refractivity contribution in [1.29, 1.82) is 5.26 Å². The number of nitrogens with one attached hydrogen (secondary N) is 1. The number of aromatic nitrogens is 3. The number of nitrogens with zero attached hydrogens (tertiary/aromatic N) is 5. The SMILES string of the molecule is CC1CCN(c2nnc(SCCC(=O)Nc3ccccc3C#N)n2C2CC2)CC1. The molecule has 1 N–H and O–H groups in total. The molecule has 0 bridgehead atoms. The maximum atomic E-state index is 12.3. The second kappa shape index (κ2) is 8.87. The van der Waals surface area contributed by atoms with Gasteiger partial charge in [-0.15, -0.1) is 10.2 Å². The molecule has 0 radical (unpaired) electrons. The number of nitriles is 1. The van der Waals surface area contributed by atoms with Crippen molar-refractivity contribution in [3.63, 3.8) is 0 Å². The third kappa shape index (κ3) is 4.73. The molecule has 1 aliphatic carbocycles. The molecular formula is C21H26N6OS. The van der Waals surface area contributed by atoms with Crippen molar-refractivity contribution in [3.8, 4) is 6.07 Å². The van der Waals surface area contributed by atoms with E-state index in [1.807, 2.05) is 6.07 Å². The third-order valence-corrected chi connectivity index (χ3v) is 6.45. The largest absolute Gasteiger partial charge is 0.341 e. The van der Waals surface area contributed by atoms with E-state index in [4.69, 9.17) is 5.26 Å². The van der Waals surface area contributed by atoms with Crippen molar-refractivity contribution < 1.29 is 4.79 Å². The Labute approximate surface area is 175 Å². The summed E-state index contributed by atoms with van der Waals surface area (Å²) < 4.78 is 2.28. The fourth-order valence-electron chi connectivity index (χ4n) is 3.58. The smallest absolute Gasteiger partial charge is 0.228 e. The monoisotopic (exact) mass is 410 g/mol. The lowest BCUT2D eigenvalue weighted by Gasteiger charge is -2.31. The number of rotatable bonds is 7. The number of para-hydroxylation sites is 1. The van der Waals surface area contributed by atoms with Crippen molar-refractivity contribution in [3.05, 3.63) is 29.8 Å². The van der Waals surface area contributed by atoms with Crippen molar-refractivity contribution in [2.75, 3.05) is 29.1 Å². The lowest BCUT2D eigenvalue weighted by atomic mass is 10.00. The predicted molar refractivity (Wildman–Crippen MR) is 114 cm³/mol. The summed E-state index contributed by atoms with van der Waals surface area (Å²) in [6.07, 6.45) is 5.11. The van der Waals surface area contributed by atoms with Crippen molar-refractivity contribution >= 4 is 29.3 Å². The molecule has 8 heteroatoms. The van der Waals surface area contributed by atoms with Crippen LogP contribution in [-0.4, -0.2) is 39.5 Å². The number of hydrogen-bond acceptors (Lipinski definition) is 6. The molecule has 152 valence electrons. The van der Waals surface area contributed by atoms with Crippen LogP contribution in [-0.2, 0) is 4.79 Å². The molecule has 0 spiro atoms. The van der Waals surface area contributed by atoms with Gasteiger partial charge in [0.15, 0.2) is 5.16 Å². The van der Waals surface area contributed by atoms with Crippen LogP contribution >= 0.6 is 11.8 Å². The van der Waals surface area contributed by atoms with E-state index in [0.717, 1.165) is 30.1 Å². The van der Waals surface area contributed by atoms with E-state index < -0.39 is 0 Å². The Morgan fingerprint density at radius 3 is 2.72 bits per heavy atom. The molecular weight excluding hydrogens is 384 g/mol. The first-order valence-corrected chi connectivity index (χ1v) is 11.3. The van der Waals surface area contributed by atoms with Gasteiger partial charge >= 0.3 is 0 Å². The fraction of sp³-hybridized carbons (Fsp3) is 0.524. The van der Waals surface area contributed by atoms with E-state index in [-0.39, 0.29) is 5.91 Å². The van der Waals surface area contributed by atoms with E-state index in [1.54, 1.807) is 30.0 Å². The second-order valence-corrected chi connectivity index (χ2v) is 8.92. The Morgan fingerprint density at radius 2 is 2.00 bits per heavy atom. The average molecular weight is 411 g/mol. The van der Waals surface area contributed by atoms with Gasteiger partial charge < -0.3 is 10.2 Å². The molecule has 1 aliphatic heterocycles. The van der Waals surface area contributed by atoms with Gasteiger partial charge in [-0.3, -0.25) is 9.36 Å². The fourth-order valence-corrected chi connectivity index (χ4v) is 4.52.